The molecule has 1 aromatic heterocycles. The number of amides is 1. The van der Waals surface area contributed by atoms with Crippen LogP contribution >= 0.6 is 11.8 Å². The number of carbonyl (C=O) groups is 1. The number of aromatic nitrogens is 2. The predicted octanol–water partition coefficient (Wildman–Crippen LogP) is 2.78. The van der Waals surface area contributed by atoms with Crippen LogP contribution in [0, 0.1) is 0 Å². The molecule has 2 heterocycles. The number of benzene rings is 1. The summed E-state index contributed by atoms with van der Waals surface area (Å²) in [6, 6.07) is 13.8. The first-order chi connectivity index (χ1) is 11.8. The molecule has 2 aromatic rings. The Morgan fingerprint density at radius 3 is 2.92 bits per heavy atom. The quantitative estimate of drug-likeness (QED) is 0.807. The van der Waals surface area contributed by atoms with Crippen molar-refractivity contribution in [2.24, 2.45) is 0 Å². The molecule has 1 atom stereocenters. The van der Waals surface area contributed by atoms with E-state index in [-0.39, 0.29) is 12.0 Å². The van der Waals surface area contributed by atoms with Gasteiger partial charge < -0.3 is 9.64 Å². The van der Waals surface area contributed by atoms with E-state index in [0.717, 1.165) is 25.1 Å². The van der Waals surface area contributed by atoms with E-state index in [0.29, 0.717) is 18.2 Å². The molecule has 5 nitrogen and oxygen atoms in total. The van der Waals surface area contributed by atoms with Crippen LogP contribution < -0.4 is 4.74 Å². The Morgan fingerprint density at radius 2 is 2.12 bits per heavy atom. The summed E-state index contributed by atoms with van der Waals surface area (Å²) < 4.78 is 5.84. The van der Waals surface area contributed by atoms with E-state index in [1.54, 1.807) is 30.1 Å². The highest BCUT2D eigenvalue weighted by Crippen LogP contribution is 2.18. The molecule has 1 aliphatic rings. The van der Waals surface area contributed by atoms with Crippen molar-refractivity contribution in [3.05, 3.63) is 54.2 Å². The van der Waals surface area contributed by atoms with Gasteiger partial charge in [-0.1, -0.05) is 30.3 Å². The maximum atomic E-state index is 12.4. The lowest BCUT2D eigenvalue weighted by atomic mass is 10.1. The molecule has 1 unspecified atom stereocenters. The van der Waals surface area contributed by atoms with E-state index in [9.17, 15) is 4.79 Å². The van der Waals surface area contributed by atoms with Gasteiger partial charge in [0.1, 0.15) is 6.10 Å². The minimum Gasteiger partial charge on any atom is -0.471 e. The minimum atomic E-state index is -0.00137. The lowest BCUT2D eigenvalue weighted by molar-refractivity contribution is -0.130. The molecule has 126 valence electrons. The van der Waals surface area contributed by atoms with Gasteiger partial charge in [0.15, 0.2) is 0 Å². The zero-order chi connectivity index (χ0) is 16.6. The number of thioether (sulfide) groups is 1. The number of rotatable bonds is 6. The van der Waals surface area contributed by atoms with Crippen LogP contribution in [0.3, 0.4) is 0 Å². The summed E-state index contributed by atoms with van der Waals surface area (Å²) in [6.07, 6.45) is 3.52. The number of nitrogens with zero attached hydrogens (tertiary/aromatic N) is 3. The molecule has 0 bridgehead atoms. The van der Waals surface area contributed by atoms with Crippen LogP contribution in [0.4, 0.5) is 0 Å². The Hall–Kier alpha value is -2.08. The van der Waals surface area contributed by atoms with Crippen molar-refractivity contribution in [3.8, 4) is 5.88 Å². The third kappa shape index (κ3) is 4.96. The Labute approximate surface area is 146 Å². The van der Waals surface area contributed by atoms with E-state index in [2.05, 4.69) is 22.3 Å². The molecule has 0 N–H and O–H groups in total. The van der Waals surface area contributed by atoms with Crippen LogP contribution in [-0.2, 0) is 10.5 Å². The smallest absolute Gasteiger partial charge is 0.233 e. The molecule has 0 aliphatic carbocycles. The molecular formula is C18H21N3O2S. The summed E-state index contributed by atoms with van der Waals surface area (Å²) >= 11 is 1.66. The first-order valence-corrected chi connectivity index (χ1v) is 9.30. The van der Waals surface area contributed by atoms with Gasteiger partial charge in [0.25, 0.3) is 0 Å². The predicted molar refractivity (Wildman–Crippen MR) is 94.9 cm³/mol. The topological polar surface area (TPSA) is 55.3 Å². The molecule has 1 amide bonds. The summed E-state index contributed by atoms with van der Waals surface area (Å²) in [4.78, 5) is 14.3. The van der Waals surface area contributed by atoms with E-state index in [1.807, 2.05) is 23.1 Å². The van der Waals surface area contributed by atoms with Crippen molar-refractivity contribution in [1.29, 1.82) is 0 Å². The summed E-state index contributed by atoms with van der Waals surface area (Å²) in [5, 5.41) is 7.76. The zero-order valence-electron chi connectivity index (χ0n) is 13.5. The molecule has 1 aromatic carbocycles. The second kappa shape index (κ2) is 8.68. The third-order valence-electron chi connectivity index (χ3n) is 3.90. The molecule has 0 radical (unpaired) electrons. The highest BCUT2D eigenvalue weighted by Gasteiger charge is 2.25. The van der Waals surface area contributed by atoms with Gasteiger partial charge in [-0.25, -0.2) is 0 Å². The van der Waals surface area contributed by atoms with Crippen molar-refractivity contribution in [2.45, 2.75) is 24.7 Å². The molecule has 0 saturated carbocycles. The van der Waals surface area contributed by atoms with Crippen molar-refractivity contribution in [2.75, 3.05) is 18.8 Å². The van der Waals surface area contributed by atoms with Crippen LogP contribution in [-0.4, -0.2) is 46.0 Å². The Kier molecular flexibility index (Phi) is 6.07. The van der Waals surface area contributed by atoms with Crippen LogP contribution in [0.1, 0.15) is 18.4 Å². The Bertz CT molecular complexity index is 639. The summed E-state index contributed by atoms with van der Waals surface area (Å²) in [5.74, 6) is 2.07. The fourth-order valence-corrected chi connectivity index (χ4v) is 3.59. The maximum Gasteiger partial charge on any atom is 0.233 e. The normalized spacial score (nSPS) is 17.5. The van der Waals surface area contributed by atoms with Crippen LogP contribution in [0.15, 0.2) is 48.7 Å². The SMILES string of the molecule is O=C(CSCc1ccccc1)N1CCCC(Oc2cccnn2)C1. The zero-order valence-corrected chi connectivity index (χ0v) is 14.3. The Morgan fingerprint density at radius 1 is 1.25 bits per heavy atom. The van der Waals surface area contributed by atoms with E-state index >= 15 is 0 Å². The lowest BCUT2D eigenvalue weighted by Crippen LogP contribution is -2.45. The molecule has 3 rings (SSSR count). The minimum absolute atomic E-state index is 0.00137. The molecule has 1 aliphatic heterocycles. The van der Waals surface area contributed by atoms with Gasteiger partial charge in [-0.05, 0) is 24.5 Å². The average Bonchev–Trinajstić information content (AvgIpc) is 2.64. The molecule has 6 heteroatoms. The maximum absolute atomic E-state index is 12.4. The van der Waals surface area contributed by atoms with Gasteiger partial charge in [-0.2, -0.15) is 5.10 Å². The lowest BCUT2D eigenvalue weighted by Gasteiger charge is -2.32. The molecule has 1 fully saturated rings. The van der Waals surface area contributed by atoms with Crippen molar-refractivity contribution < 1.29 is 9.53 Å². The van der Waals surface area contributed by atoms with Crippen LogP contribution in [0.2, 0.25) is 0 Å². The standard InChI is InChI=1S/C18H21N3O2S/c22-18(14-24-13-15-6-2-1-3-7-15)21-11-5-8-16(12-21)23-17-9-4-10-19-20-17/h1-4,6-7,9-10,16H,5,8,11-14H2. The summed E-state index contributed by atoms with van der Waals surface area (Å²) in [5.41, 5.74) is 1.25. The van der Waals surface area contributed by atoms with Gasteiger partial charge in [0, 0.05) is 24.6 Å². The van der Waals surface area contributed by atoms with E-state index in [4.69, 9.17) is 4.74 Å². The first-order valence-electron chi connectivity index (χ1n) is 8.15. The van der Waals surface area contributed by atoms with Crippen LogP contribution in [0.25, 0.3) is 0 Å². The van der Waals surface area contributed by atoms with Crippen molar-refractivity contribution in [1.82, 2.24) is 15.1 Å². The number of ether oxygens (including phenoxy) is 1. The number of likely N-dealkylation sites (tertiary alicyclic amines) is 1. The third-order valence-corrected chi connectivity index (χ3v) is 4.89. The number of hydrogen-bond acceptors (Lipinski definition) is 5. The fraction of sp³-hybridized carbons (Fsp3) is 0.389. The molecule has 0 spiro atoms. The molecule has 1 saturated heterocycles. The van der Waals surface area contributed by atoms with Crippen molar-refractivity contribution >= 4 is 17.7 Å². The second-order valence-corrected chi connectivity index (χ2v) is 6.75. The number of carbonyl (C=O) groups excluding carboxylic acids is 1. The van der Waals surface area contributed by atoms with Crippen molar-refractivity contribution in [3.63, 3.8) is 0 Å². The molecule has 24 heavy (non-hydrogen) atoms. The largest absolute Gasteiger partial charge is 0.471 e. The van der Waals surface area contributed by atoms with Gasteiger partial charge in [-0.15, -0.1) is 16.9 Å². The van der Waals surface area contributed by atoms with E-state index < -0.39 is 0 Å². The van der Waals surface area contributed by atoms with Gasteiger partial charge >= 0.3 is 0 Å². The van der Waals surface area contributed by atoms with Gasteiger partial charge in [0.2, 0.25) is 11.8 Å². The molecular weight excluding hydrogens is 322 g/mol. The fourth-order valence-electron chi connectivity index (χ4n) is 2.70. The Balaban J connectivity index is 1.44. The highest BCUT2D eigenvalue weighted by atomic mass is 32.2. The first kappa shape index (κ1) is 16.8. The second-order valence-electron chi connectivity index (χ2n) is 5.76. The number of piperidine rings is 1. The summed E-state index contributed by atoms with van der Waals surface area (Å²) in [7, 11) is 0. The van der Waals surface area contributed by atoms with Gasteiger partial charge in [-0.3, -0.25) is 4.79 Å². The average molecular weight is 343 g/mol. The number of hydrogen-bond donors (Lipinski definition) is 0. The monoisotopic (exact) mass is 343 g/mol. The highest BCUT2D eigenvalue weighted by molar-refractivity contribution is 7.99. The summed E-state index contributed by atoms with van der Waals surface area (Å²) in [6.45, 7) is 1.44. The van der Waals surface area contributed by atoms with E-state index in [1.165, 1.54) is 5.56 Å². The van der Waals surface area contributed by atoms with Gasteiger partial charge in [0.05, 0.1) is 12.3 Å². The van der Waals surface area contributed by atoms with Crippen LogP contribution in [0.5, 0.6) is 5.88 Å².